The van der Waals surface area contributed by atoms with Crippen molar-refractivity contribution in [2.75, 3.05) is 11.5 Å². The maximum absolute atomic E-state index is 9.50. The Morgan fingerprint density at radius 2 is 1.92 bits per heavy atom. The van der Waals surface area contributed by atoms with Gasteiger partial charge in [-0.25, -0.2) is 0 Å². The largest absolute Gasteiger partial charge is 0.392 e. The zero-order valence-electron chi connectivity index (χ0n) is 8.55. The lowest BCUT2D eigenvalue weighted by molar-refractivity contribution is 0.180. The molecule has 1 unspecified atom stereocenters. The van der Waals surface area contributed by atoms with Crippen LogP contribution >= 0.6 is 11.8 Å². The summed E-state index contributed by atoms with van der Waals surface area (Å²) in [7, 11) is 0. The second kappa shape index (κ2) is 7.93. The van der Waals surface area contributed by atoms with Gasteiger partial charge >= 0.3 is 0 Å². The van der Waals surface area contributed by atoms with E-state index in [9.17, 15) is 5.11 Å². The van der Waals surface area contributed by atoms with Crippen LogP contribution in [0, 0.1) is 5.92 Å². The molecule has 0 heterocycles. The standard InChI is InChI=1S/C10H22OS/c1-4-7-12-8-10(11)6-5-9(2)3/h9-11H,4-8H2,1-3H3. The summed E-state index contributed by atoms with van der Waals surface area (Å²) < 4.78 is 0. The lowest BCUT2D eigenvalue weighted by Gasteiger charge is -2.11. The van der Waals surface area contributed by atoms with Crippen molar-refractivity contribution in [3.63, 3.8) is 0 Å². The number of rotatable bonds is 7. The molecule has 0 aliphatic heterocycles. The highest BCUT2D eigenvalue weighted by Crippen LogP contribution is 2.11. The van der Waals surface area contributed by atoms with E-state index in [4.69, 9.17) is 0 Å². The molecule has 0 saturated heterocycles. The van der Waals surface area contributed by atoms with E-state index in [2.05, 4.69) is 20.8 Å². The third kappa shape index (κ3) is 8.41. The van der Waals surface area contributed by atoms with E-state index >= 15 is 0 Å². The van der Waals surface area contributed by atoms with Crippen molar-refractivity contribution in [2.24, 2.45) is 5.92 Å². The van der Waals surface area contributed by atoms with E-state index in [0.29, 0.717) is 0 Å². The molecule has 0 bridgehead atoms. The van der Waals surface area contributed by atoms with Crippen LogP contribution in [-0.2, 0) is 0 Å². The number of thioether (sulfide) groups is 1. The second-order valence-corrected chi connectivity index (χ2v) is 4.85. The van der Waals surface area contributed by atoms with Gasteiger partial charge in [-0.2, -0.15) is 11.8 Å². The molecule has 0 fully saturated rings. The molecule has 1 nitrogen and oxygen atoms in total. The second-order valence-electron chi connectivity index (χ2n) is 3.70. The summed E-state index contributed by atoms with van der Waals surface area (Å²) in [5.41, 5.74) is 0. The number of aliphatic hydroxyl groups excluding tert-OH is 1. The Hall–Kier alpha value is 0.310. The summed E-state index contributed by atoms with van der Waals surface area (Å²) in [5.74, 6) is 2.81. The fourth-order valence-electron chi connectivity index (χ4n) is 0.973. The average Bonchev–Trinajstić information content (AvgIpc) is 2.01. The Morgan fingerprint density at radius 1 is 1.25 bits per heavy atom. The third-order valence-electron chi connectivity index (χ3n) is 1.74. The van der Waals surface area contributed by atoms with Crippen molar-refractivity contribution < 1.29 is 5.11 Å². The van der Waals surface area contributed by atoms with Gasteiger partial charge < -0.3 is 5.11 Å². The minimum absolute atomic E-state index is 0.0797. The predicted molar refractivity (Wildman–Crippen MR) is 57.7 cm³/mol. The summed E-state index contributed by atoms with van der Waals surface area (Å²) in [6.07, 6.45) is 3.24. The molecule has 12 heavy (non-hydrogen) atoms. The maximum atomic E-state index is 9.50. The van der Waals surface area contributed by atoms with Gasteiger partial charge in [-0.1, -0.05) is 20.8 Å². The van der Waals surface area contributed by atoms with Gasteiger partial charge in [0.05, 0.1) is 6.10 Å². The third-order valence-corrected chi connectivity index (χ3v) is 3.05. The quantitative estimate of drug-likeness (QED) is 0.623. The summed E-state index contributed by atoms with van der Waals surface area (Å²) in [5, 5.41) is 9.50. The Bertz CT molecular complexity index is 93.8. The van der Waals surface area contributed by atoms with Crippen LogP contribution in [-0.4, -0.2) is 22.7 Å². The van der Waals surface area contributed by atoms with Gasteiger partial charge in [0, 0.05) is 5.75 Å². The summed E-state index contributed by atoms with van der Waals surface area (Å²) >= 11 is 1.86. The molecule has 2 heteroatoms. The van der Waals surface area contributed by atoms with Gasteiger partial charge in [0.25, 0.3) is 0 Å². The van der Waals surface area contributed by atoms with Crippen LogP contribution in [0.1, 0.15) is 40.0 Å². The van der Waals surface area contributed by atoms with Gasteiger partial charge in [0.2, 0.25) is 0 Å². The topological polar surface area (TPSA) is 20.2 Å². The first-order chi connectivity index (χ1) is 5.66. The van der Waals surface area contributed by atoms with Crippen molar-refractivity contribution >= 4 is 11.8 Å². The van der Waals surface area contributed by atoms with E-state index in [1.165, 1.54) is 12.2 Å². The minimum Gasteiger partial charge on any atom is -0.392 e. The SMILES string of the molecule is CCCSCC(O)CCC(C)C. The smallest absolute Gasteiger partial charge is 0.0630 e. The molecule has 0 spiro atoms. The van der Waals surface area contributed by atoms with Gasteiger partial charge in [0.15, 0.2) is 0 Å². The van der Waals surface area contributed by atoms with Crippen LogP contribution < -0.4 is 0 Å². The monoisotopic (exact) mass is 190 g/mol. The maximum Gasteiger partial charge on any atom is 0.0630 e. The zero-order chi connectivity index (χ0) is 9.40. The molecule has 0 saturated carbocycles. The first kappa shape index (κ1) is 12.3. The molecule has 0 aromatic rings. The molecule has 0 amide bonds. The number of aliphatic hydroxyl groups is 1. The van der Waals surface area contributed by atoms with Crippen molar-refractivity contribution in [3.05, 3.63) is 0 Å². The Balaban J connectivity index is 3.15. The summed E-state index contributed by atoms with van der Waals surface area (Å²) in [4.78, 5) is 0. The Kier molecular flexibility index (Phi) is 8.14. The molecule has 0 rings (SSSR count). The van der Waals surface area contributed by atoms with Gasteiger partial charge in [-0.15, -0.1) is 0 Å². The van der Waals surface area contributed by atoms with Gasteiger partial charge in [-0.3, -0.25) is 0 Å². The fraction of sp³-hybridized carbons (Fsp3) is 1.00. The molecule has 74 valence electrons. The normalized spacial score (nSPS) is 13.8. The molecular formula is C10H22OS. The van der Waals surface area contributed by atoms with Crippen LogP contribution in [0.3, 0.4) is 0 Å². The highest BCUT2D eigenvalue weighted by Gasteiger charge is 2.04. The van der Waals surface area contributed by atoms with Crippen LogP contribution in [0.2, 0.25) is 0 Å². The molecule has 0 radical (unpaired) electrons. The lowest BCUT2D eigenvalue weighted by atomic mass is 10.1. The van der Waals surface area contributed by atoms with Crippen molar-refractivity contribution in [3.8, 4) is 0 Å². The van der Waals surface area contributed by atoms with E-state index in [0.717, 1.165) is 24.5 Å². The van der Waals surface area contributed by atoms with Gasteiger partial charge in [-0.05, 0) is 30.9 Å². The van der Waals surface area contributed by atoms with E-state index in [1.807, 2.05) is 11.8 Å². The highest BCUT2D eigenvalue weighted by molar-refractivity contribution is 7.99. The van der Waals surface area contributed by atoms with Crippen LogP contribution in [0.25, 0.3) is 0 Å². The lowest BCUT2D eigenvalue weighted by Crippen LogP contribution is -2.11. The van der Waals surface area contributed by atoms with E-state index in [1.54, 1.807) is 0 Å². The molecule has 0 aromatic heterocycles. The first-order valence-electron chi connectivity index (χ1n) is 4.92. The van der Waals surface area contributed by atoms with Crippen molar-refractivity contribution in [1.82, 2.24) is 0 Å². The molecule has 0 aromatic carbocycles. The number of hydrogen-bond acceptors (Lipinski definition) is 2. The molecule has 0 aliphatic carbocycles. The molecule has 1 N–H and O–H groups in total. The van der Waals surface area contributed by atoms with Crippen LogP contribution in [0.15, 0.2) is 0 Å². The van der Waals surface area contributed by atoms with E-state index in [-0.39, 0.29) is 6.10 Å². The summed E-state index contributed by atoms with van der Waals surface area (Å²) in [6, 6.07) is 0. The Morgan fingerprint density at radius 3 is 2.42 bits per heavy atom. The molecule has 1 atom stereocenters. The molecule has 0 aliphatic rings. The summed E-state index contributed by atoms with van der Waals surface area (Å²) in [6.45, 7) is 6.57. The predicted octanol–water partition coefficient (Wildman–Crippen LogP) is 2.93. The highest BCUT2D eigenvalue weighted by atomic mass is 32.2. The minimum atomic E-state index is -0.0797. The fourth-order valence-corrected chi connectivity index (χ4v) is 1.87. The van der Waals surface area contributed by atoms with Crippen LogP contribution in [0.5, 0.6) is 0 Å². The zero-order valence-corrected chi connectivity index (χ0v) is 9.36. The first-order valence-corrected chi connectivity index (χ1v) is 6.08. The molecular weight excluding hydrogens is 168 g/mol. The van der Waals surface area contributed by atoms with Crippen molar-refractivity contribution in [1.29, 1.82) is 0 Å². The Labute approximate surface area is 80.9 Å². The average molecular weight is 190 g/mol. The number of hydrogen-bond donors (Lipinski definition) is 1. The van der Waals surface area contributed by atoms with E-state index < -0.39 is 0 Å². The van der Waals surface area contributed by atoms with Crippen LogP contribution in [0.4, 0.5) is 0 Å². The van der Waals surface area contributed by atoms with Crippen molar-refractivity contribution in [2.45, 2.75) is 46.1 Å². The van der Waals surface area contributed by atoms with Gasteiger partial charge in [0.1, 0.15) is 0 Å².